The predicted octanol–water partition coefficient (Wildman–Crippen LogP) is 7.18. The maximum Gasteiger partial charge on any atom is 0.0462 e. The summed E-state index contributed by atoms with van der Waals surface area (Å²) >= 11 is 0. The zero-order chi connectivity index (χ0) is 24.3. The lowest BCUT2D eigenvalue weighted by molar-refractivity contribution is 0.288. The summed E-state index contributed by atoms with van der Waals surface area (Å²) in [5.41, 5.74) is 8.05. The lowest BCUT2D eigenvalue weighted by Gasteiger charge is -2.26. The van der Waals surface area contributed by atoms with Crippen LogP contribution in [-0.2, 0) is 12.8 Å². The molecule has 4 aromatic carbocycles. The van der Waals surface area contributed by atoms with E-state index in [2.05, 4.69) is 102 Å². The molecule has 0 unspecified atom stereocenters. The summed E-state index contributed by atoms with van der Waals surface area (Å²) in [5.74, 6) is 0. The Morgan fingerprint density at radius 1 is 0.486 bits per heavy atom. The van der Waals surface area contributed by atoms with Crippen molar-refractivity contribution in [1.82, 2.24) is 0 Å². The summed E-state index contributed by atoms with van der Waals surface area (Å²) < 4.78 is 0. The molecular weight excluding hydrogens is 430 g/mol. The summed E-state index contributed by atoms with van der Waals surface area (Å²) in [6, 6.07) is 36.1. The fourth-order valence-electron chi connectivity index (χ4n) is 4.13. The minimum Gasteiger partial charge on any atom is -0.396 e. The average molecular weight is 464 g/mol. The molecule has 0 radical (unpaired) electrons. The smallest absolute Gasteiger partial charge is 0.0462 e. The largest absolute Gasteiger partial charge is 0.396 e. The molecule has 0 aliphatic carbocycles. The molecule has 0 atom stereocenters. The summed E-state index contributed by atoms with van der Waals surface area (Å²) in [5, 5.41) is 18.3. The van der Waals surface area contributed by atoms with Crippen LogP contribution in [0.4, 0.5) is 17.1 Å². The molecule has 3 heteroatoms. The number of aryl methyl sites for hydroxylation is 2. The van der Waals surface area contributed by atoms with Crippen LogP contribution in [0.15, 0.2) is 103 Å². The van der Waals surface area contributed by atoms with E-state index in [4.69, 9.17) is 10.2 Å². The van der Waals surface area contributed by atoms with Crippen LogP contribution in [-0.4, -0.2) is 23.4 Å². The predicted molar refractivity (Wildman–Crippen MR) is 147 cm³/mol. The van der Waals surface area contributed by atoms with E-state index in [1.807, 2.05) is 18.2 Å². The highest BCUT2D eigenvalue weighted by molar-refractivity contribution is 5.78. The standard InChI is InChI=1S/C32H33NO2/c34-24-4-8-27-12-18-30(19-13-27)33(31-20-14-28(15-21-31)9-5-25-35)32-22-16-29(17-23-32)11-10-26-6-2-1-3-7-26/h1-3,6-7,10-23,34-35H,4-5,8-9,24-25H2/b11-10+. The van der Waals surface area contributed by atoms with Crippen molar-refractivity contribution in [1.29, 1.82) is 0 Å². The zero-order valence-electron chi connectivity index (χ0n) is 20.1. The second kappa shape index (κ2) is 12.7. The van der Waals surface area contributed by atoms with Gasteiger partial charge in [-0.1, -0.05) is 78.9 Å². The number of rotatable bonds is 11. The lowest BCUT2D eigenvalue weighted by Crippen LogP contribution is -2.10. The number of hydrogen-bond acceptors (Lipinski definition) is 3. The topological polar surface area (TPSA) is 43.7 Å². The number of aliphatic hydroxyl groups is 2. The molecule has 0 heterocycles. The molecule has 0 bridgehead atoms. The molecule has 3 nitrogen and oxygen atoms in total. The van der Waals surface area contributed by atoms with Gasteiger partial charge in [-0.15, -0.1) is 0 Å². The third-order valence-corrected chi connectivity index (χ3v) is 6.06. The van der Waals surface area contributed by atoms with E-state index >= 15 is 0 Å². The number of nitrogens with zero attached hydrogens (tertiary/aromatic N) is 1. The zero-order valence-corrected chi connectivity index (χ0v) is 20.1. The van der Waals surface area contributed by atoms with Gasteiger partial charge in [0, 0.05) is 30.3 Å². The van der Waals surface area contributed by atoms with Crippen LogP contribution in [0.2, 0.25) is 0 Å². The van der Waals surface area contributed by atoms with Crippen LogP contribution in [0.1, 0.15) is 35.1 Å². The van der Waals surface area contributed by atoms with Gasteiger partial charge in [-0.2, -0.15) is 0 Å². The van der Waals surface area contributed by atoms with Crippen LogP contribution in [0.3, 0.4) is 0 Å². The second-order valence-electron chi connectivity index (χ2n) is 8.66. The van der Waals surface area contributed by atoms with Gasteiger partial charge in [-0.05, 0) is 84.3 Å². The SMILES string of the molecule is OCCCc1ccc(N(c2ccc(/C=C/c3ccccc3)cc2)c2ccc(CCCO)cc2)cc1. The highest BCUT2D eigenvalue weighted by atomic mass is 16.3. The van der Waals surface area contributed by atoms with Gasteiger partial charge in [0.25, 0.3) is 0 Å². The minimum atomic E-state index is 0.210. The van der Waals surface area contributed by atoms with Crippen molar-refractivity contribution >= 4 is 29.2 Å². The summed E-state index contributed by atoms with van der Waals surface area (Å²) in [4.78, 5) is 2.26. The first-order chi connectivity index (χ1) is 17.3. The van der Waals surface area contributed by atoms with Gasteiger partial charge in [0.2, 0.25) is 0 Å². The molecule has 4 aromatic rings. The molecule has 0 aliphatic rings. The molecule has 0 aliphatic heterocycles. The van der Waals surface area contributed by atoms with Gasteiger partial charge in [0.15, 0.2) is 0 Å². The van der Waals surface area contributed by atoms with Crippen molar-refractivity contribution in [3.05, 3.63) is 125 Å². The van der Waals surface area contributed by atoms with Crippen LogP contribution < -0.4 is 4.90 Å². The van der Waals surface area contributed by atoms with Gasteiger partial charge in [-0.25, -0.2) is 0 Å². The molecule has 4 rings (SSSR count). The Balaban J connectivity index is 1.61. The number of aliphatic hydroxyl groups excluding tert-OH is 2. The van der Waals surface area contributed by atoms with Crippen molar-refractivity contribution in [3.63, 3.8) is 0 Å². The van der Waals surface area contributed by atoms with Crippen molar-refractivity contribution in [2.24, 2.45) is 0 Å². The Kier molecular flexibility index (Phi) is 8.88. The van der Waals surface area contributed by atoms with Gasteiger partial charge in [0.05, 0.1) is 0 Å². The third kappa shape index (κ3) is 6.92. The Hall–Kier alpha value is -3.66. The van der Waals surface area contributed by atoms with Crippen LogP contribution in [0.5, 0.6) is 0 Å². The van der Waals surface area contributed by atoms with E-state index in [0.29, 0.717) is 0 Å². The van der Waals surface area contributed by atoms with Crippen LogP contribution in [0, 0.1) is 0 Å². The van der Waals surface area contributed by atoms with E-state index in [1.54, 1.807) is 0 Å². The molecule has 0 amide bonds. The highest BCUT2D eigenvalue weighted by Crippen LogP contribution is 2.35. The Labute approximate surface area is 208 Å². The molecule has 0 saturated heterocycles. The monoisotopic (exact) mass is 463 g/mol. The van der Waals surface area contributed by atoms with E-state index in [0.717, 1.165) is 48.3 Å². The Bertz CT molecular complexity index is 1130. The van der Waals surface area contributed by atoms with Crippen molar-refractivity contribution < 1.29 is 10.2 Å². The van der Waals surface area contributed by atoms with E-state index in [1.165, 1.54) is 16.7 Å². The first-order valence-electron chi connectivity index (χ1n) is 12.3. The molecule has 0 spiro atoms. The van der Waals surface area contributed by atoms with Crippen LogP contribution >= 0.6 is 0 Å². The quantitative estimate of drug-likeness (QED) is 0.232. The first kappa shape index (κ1) is 24.5. The fraction of sp³-hybridized carbons (Fsp3) is 0.188. The highest BCUT2D eigenvalue weighted by Gasteiger charge is 2.12. The summed E-state index contributed by atoms with van der Waals surface area (Å²) in [6.07, 6.45) is 7.56. The fourth-order valence-corrected chi connectivity index (χ4v) is 4.13. The van der Waals surface area contributed by atoms with Crippen LogP contribution in [0.25, 0.3) is 12.2 Å². The molecule has 0 saturated carbocycles. The van der Waals surface area contributed by atoms with Gasteiger partial charge >= 0.3 is 0 Å². The third-order valence-electron chi connectivity index (χ3n) is 6.06. The summed E-state index contributed by atoms with van der Waals surface area (Å²) in [7, 11) is 0. The average Bonchev–Trinajstić information content (AvgIpc) is 2.92. The van der Waals surface area contributed by atoms with E-state index in [-0.39, 0.29) is 13.2 Å². The Morgan fingerprint density at radius 2 is 0.886 bits per heavy atom. The number of anilines is 3. The van der Waals surface area contributed by atoms with Gasteiger partial charge in [0.1, 0.15) is 0 Å². The maximum atomic E-state index is 9.14. The second-order valence-corrected chi connectivity index (χ2v) is 8.66. The molecule has 2 N–H and O–H groups in total. The molecule has 35 heavy (non-hydrogen) atoms. The van der Waals surface area contributed by atoms with Crippen molar-refractivity contribution in [3.8, 4) is 0 Å². The summed E-state index contributed by atoms with van der Waals surface area (Å²) in [6.45, 7) is 0.420. The minimum absolute atomic E-state index is 0.210. The maximum absolute atomic E-state index is 9.14. The van der Waals surface area contributed by atoms with Crippen molar-refractivity contribution in [2.75, 3.05) is 18.1 Å². The molecule has 178 valence electrons. The van der Waals surface area contributed by atoms with E-state index < -0.39 is 0 Å². The first-order valence-corrected chi connectivity index (χ1v) is 12.3. The van der Waals surface area contributed by atoms with Gasteiger partial charge in [-0.3, -0.25) is 0 Å². The number of benzene rings is 4. The lowest BCUT2D eigenvalue weighted by atomic mass is 10.1. The number of hydrogen-bond donors (Lipinski definition) is 2. The van der Waals surface area contributed by atoms with Crippen molar-refractivity contribution in [2.45, 2.75) is 25.7 Å². The normalized spacial score (nSPS) is 11.1. The molecule has 0 fully saturated rings. The van der Waals surface area contributed by atoms with Gasteiger partial charge < -0.3 is 15.1 Å². The van der Waals surface area contributed by atoms with E-state index in [9.17, 15) is 0 Å². The Morgan fingerprint density at radius 3 is 1.31 bits per heavy atom. The molecule has 0 aromatic heterocycles. The molecular formula is C32H33NO2.